The van der Waals surface area contributed by atoms with E-state index in [0.717, 1.165) is 24.2 Å². The van der Waals surface area contributed by atoms with Gasteiger partial charge in [0.15, 0.2) is 5.43 Å². The Kier molecular flexibility index (Phi) is 6.09. The highest BCUT2D eigenvalue weighted by molar-refractivity contribution is 5.99. The van der Waals surface area contributed by atoms with Crippen LogP contribution in [0.1, 0.15) is 47.5 Å². The normalized spacial score (nSPS) is 15.7. The summed E-state index contributed by atoms with van der Waals surface area (Å²) in [5.74, 6) is 0.691. The molecule has 6 heteroatoms. The average molecular weight is 421 g/mol. The summed E-state index contributed by atoms with van der Waals surface area (Å²) in [6.07, 6.45) is 2.07. The summed E-state index contributed by atoms with van der Waals surface area (Å²) in [6.45, 7) is 3.97. The zero-order valence-corrected chi connectivity index (χ0v) is 18.3. The molecule has 0 spiro atoms. The van der Waals surface area contributed by atoms with E-state index < -0.39 is 6.04 Å². The number of likely N-dealkylation sites (N-methyl/N-ethyl adjacent to an activating group) is 1. The minimum absolute atomic E-state index is 0.147. The van der Waals surface area contributed by atoms with Crippen LogP contribution in [0.4, 0.5) is 0 Å². The Hall–Kier alpha value is -3.12. The van der Waals surface area contributed by atoms with Crippen molar-refractivity contribution in [2.24, 2.45) is 0 Å². The van der Waals surface area contributed by atoms with E-state index in [-0.39, 0.29) is 17.1 Å². The average Bonchev–Trinajstić information content (AvgIpc) is 3.05. The van der Waals surface area contributed by atoms with E-state index in [0.29, 0.717) is 36.2 Å². The Morgan fingerprint density at radius 3 is 2.52 bits per heavy atom. The zero-order valence-electron chi connectivity index (χ0n) is 18.3. The van der Waals surface area contributed by atoms with E-state index in [1.54, 1.807) is 23.1 Å². The van der Waals surface area contributed by atoms with Crippen LogP contribution in [0, 0.1) is 0 Å². The van der Waals surface area contributed by atoms with Gasteiger partial charge in [-0.3, -0.25) is 9.59 Å². The Morgan fingerprint density at radius 2 is 1.81 bits per heavy atom. The summed E-state index contributed by atoms with van der Waals surface area (Å²) in [7, 11) is 3.92. The zero-order chi connectivity index (χ0) is 22.0. The maximum atomic E-state index is 13.4. The molecule has 0 radical (unpaired) electrons. The van der Waals surface area contributed by atoms with Crippen LogP contribution in [-0.4, -0.2) is 49.5 Å². The number of hydrogen-bond acceptors (Lipinski definition) is 5. The molecule has 0 saturated carbocycles. The molecule has 1 aromatic heterocycles. The molecule has 1 aliphatic rings. The van der Waals surface area contributed by atoms with Crippen LogP contribution >= 0.6 is 0 Å². The number of hydrogen-bond donors (Lipinski definition) is 0. The molecule has 1 amide bonds. The first-order valence-corrected chi connectivity index (χ1v) is 10.8. The highest BCUT2D eigenvalue weighted by Gasteiger charge is 2.42. The van der Waals surface area contributed by atoms with Crippen LogP contribution in [0.25, 0.3) is 11.0 Å². The van der Waals surface area contributed by atoms with Gasteiger partial charge in [0.2, 0.25) is 5.76 Å². The maximum Gasteiger partial charge on any atom is 0.290 e. The fourth-order valence-electron chi connectivity index (χ4n) is 3.93. The number of nitrogens with zero attached hydrogens (tertiary/aromatic N) is 2. The van der Waals surface area contributed by atoms with Crippen LogP contribution in [0.15, 0.2) is 57.7 Å². The third-order valence-electron chi connectivity index (χ3n) is 5.62. The van der Waals surface area contributed by atoms with Gasteiger partial charge in [-0.15, -0.1) is 0 Å². The maximum absolute atomic E-state index is 13.4. The fraction of sp³-hybridized carbons (Fsp3) is 0.360. The van der Waals surface area contributed by atoms with Crippen molar-refractivity contribution in [2.75, 3.05) is 33.8 Å². The Bertz CT molecular complexity index is 1130. The van der Waals surface area contributed by atoms with E-state index in [2.05, 4.69) is 6.92 Å². The van der Waals surface area contributed by atoms with Crippen molar-refractivity contribution in [3.63, 3.8) is 0 Å². The fourth-order valence-corrected chi connectivity index (χ4v) is 3.93. The molecular formula is C25H28N2O4. The summed E-state index contributed by atoms with van der Waals surface area (Å²) < 4.78 is 11.7. The molecular weight excluding hydrogens is 392 g/mol. The van der Waals surface area contributed by atoms with E-state index in [9.17, 15) is 9.59 Å². The number of rotatable bonds is 8. The first kappa shape index (κ1) is 21.1. The molecule has 2 heterocycles. The SMILES string of the molecule is CCCCOc1ccc(C2c3c(oc4ccccc4c3=O)C(=O)N2CCN(C)C)cc1. The predicted molar refractivity (Wildman–Crippen MR) is 121 cm³/mol. The lowest BCUT2D eigenvalue weighted by molar-refractivity contribution is 0.0716. The molecule has 2 aromatic carbocycles. The second-order valence-corrected chi connectivity index (χ2v) is 8.15. The molecule has 1 atom stereocenters. The quantitative estimate of drug-likeness (QED) is 0.514. The van der Waals surface area contributed by atoms with Crippen molar-refractivity contribution in [1.82, 2.24) is 9.80 Å². The van der Waals surface area contributed by atoms with Gasteiger partial charge in [-0.25, -0.2) is 0 Å². The molecule has 4 rings (SSSR count). The summed E-state index contributed by atoms with van der Waals surface area (Å²) in [4.78, 5) is 30.4. The lowest BCUT2D eigenvalue weighted by Crippen LogP contribution is -2.35. The largest absolute Gasteiger partial charge is 0.494 e. The third-order valence-corrected chi connectivity index (χ3v) is 5.62. The highest BCUT2D eigenvalue weighted by atomic mass is 16.5. The standard InChI is InChI=1S/C25H28N2O4/c1-4-5-16-30-18-12-10-17(11-13-18)22-21-23(28)19-8-6-7-9-20(19)31-24(21)25(29)27(22)15-14-26(2)3/h6-13,22H,4-5,14-16H2,1-3H3. The number of carbonyl (C=O) groups excluding carboxylic acids is 1. The Labute approximate surface area is 182 Å². The highest BCUT2D eigenvalue weighted by Crippen LogP contribution is 2.38. The summed E-state index contributed by atoms with van der Waals surface area (Å²) in [6, 6.07) is 14.3. The van der Waals surface area contributed by atoms with Gasteiger partial charge in [0.25, 0.3) is 5.91 Å². The minimum Gasteiger partial charge on any atom is -0.494 e. The van der Waals surface area contributed by atoms with Crippen LogP contribution in [0.5, 0.6) is 5.75 Å². The monoisotopic (exact) mass is 420 g/mol. The molecule has 31 heavy (non-hydrogen) atoms. The van der Waals surface area contributed by atoms with Crippen molar-refractivity contribution in [2.45, 2.75) is 25.8 Å². The number of fused-ring (bicyclic) bond motifs is 2. The van der Waals surface area contributed by atoms with Crippen molar-refractivity contribution >= 4 is 16.9 Å². The molecule has 3 aromatic rings. The smallest absolute Gasteiger partial charge is 0.290 e. The summed E-state index contributed by atoms with van der Waals surface area (Å²) >= 11 is 0. The van der Waals surface area contributed by atoms with E-state index >= 15 is 0 Å². The van der Waals surface area contributed by atoms with Gasteiger partial charge in [-0.2, -0.15) is 0 Å². The molecule has 0 aliphatic carbocycles. The number of carbonyl (C=O) groups is 1. The minimum atomic E-state index is -0.479. The second kappa shape index (κ2) is 8.94. The molecule has 1 unspecified atom stereocenters. The van der Waals surface area contributed by atoms with E-state index in [1.807, 2.05) is 49.3 Å². The van der Waals surface area contributed by atoms with Crippen molar-refractivity contribution in [1.29, 1.82) is 0 Å². The molecule has 0 saturated heterocycles. The van der Waals surface area contributed by atoms with Crippen molar-refractivity contribution in [3.05, 3.63) is 75.6 Å². The van der Waals surface area contributed by atoms with Gasteiger partial charge in [0.1, 0.15) is 11.3 Å². The van der Waals surface area contributed by atoms with Crippen LogP contribution in [-0.2, 0) is 0 Å². The van der Waals surface area contributed by atoms with Crippen LogP contribution in [0.3, 0.4) is 0 Å². The first-order chi connectivity index (χ1) is 15.0. The molecule has 6 nitrogen and oxygen atoms in total. The van der Waals surface area contributed by atoms with Gasteiger partial charge >= 0.3 is 0 Å². The summed E-state index contributed by atoms with van der Waals surface area (Å²) in [5, 5.41) is 0.494. The molecule has 0 fully saturated rings. The molecule has 1 aliphatic heterocycles. The van der Waals surface area contributed by atoms with Crippen molar-refractivity contribution < 1.29 is 13.9 Å². The van der Waals surface area contributed by atoms with Gasteiger partial charge in [-0.05, 0) is 50.3 Å². The summed E-state index contributed by atoms with van der Waals surface area (Å²) in [5.41, 5.74) is 1.58. The molecule has 0 N–H and O–H groups in total. The first-order valence-electron chi connectivity index (χ1n) is 10.8. The number of para-hydroxylation sites is 1. The van der Waals surface area contributed by atoms with Crippen LogP contribution < -0.4 is 10.2 Å². The van der Waals surface area contributed by atoms with Gasteiger partial charge in [0, 0.05) is 13.1 Å². The second-order valence-electron chi connectivity index (χ2n) is 8.15. The topological polar surface area (TPSA) is 63.0 Å². The number of benzene rings is 2. The molecule has 162 valence electrons. The number of unbranched alkanes of at least 4 members (excludes halogenated alkanes) is 1. The van der Waals surface area contributed by atoms with Crippen LogP contribution in [0.2, 0.25) is 0 Å². The number of ether oxygens (including phenoxy) is 1. The molecule has 0 bridgehead atoms. The predicted octanol–water partition coefficient (Wildman–Crippen LogP) is 4.08. The van der Waals surface area contributed by atoms with E-state index in [4.69, 9.17) is 9.15 Å². The third kappa shape index (κ3) is 4.08. The van der Waals surface area contributed by atoms with Gasteiger partial charge in [-0.1, -0.05) is 37.6 Å². The van der Waals surface area contributed by atoms with E-state index in [1.165, 1.54) is 0 Å². The Morgan fingerprint density at radius 1 is 1.06 bits per heavy atom. The van der Waals surface area contributed by atoms with Gasteiger partial charge < -0.3 is 19.0 Å². The lowest BCUT2D eigenvalue weighted by Gasteiger charge is -2.26. The lowest BCUT2D eigenvalue weighted by atomic mass is 9.98. The van der Waals surface area contributed by atoms with Gasteiger partial charge in [0.05, 0.1) is 23.6 Å². The number of amides is 1. The Balaban J connectivity index is 1.77. The van der Waals surface area contributed by atoms with Crippen molar-refractivity contribution in [3.8, 4) is 5.75 Å².